The molecule has 0 unspecified atom stereocenters. The fourth-order valence-electron chi connectivity index (χ4n) is 2.61. The highest BCUT2D eigenvalue weighted by atomic mass is 16.2. The van der Waals surface area contributed by atoms with Gasteiger partial charge in [-0.3, -0.25) is 18.9 Å². The highest BCUT2D eigenvalue weighted by Crippen LogP contribution is 2.20. The number of nitrogens with zero attached hydrogens (tertiary/aromatic N) is 6. The zero-order valence-electron chi connectivity index (χ0n) is 14.5. The van der Waals surface area contributed by atoms with Crippen molar-refractivity contribution in [3.05, 3.63) is 50.9 Å². The summed E-state index contributed by atoms with van der Waals surface area (Å²) in [5.74, 6) is 0.392. The summed E-state index contributed by atoms with van der Waals surface area (Å²) in [7, 11) is 3.04. The molecule has 0 fully saturated rings. The van der Waals surface area contributed by atoms with E-state index < -0.39 is 5.69 Å². The summed E-state index contributed by atoms with van der Waals surface area (Å²) in [4.78, 5) is 33.1. The minimum absolute atomic E-state index is 0.0497. The molecule has 0 radical (unpaired) electrons. The molecule has 0 saturated heterocycles. The van der Waals surface area contributed by atoms with Crippen LogP contribution in [0.2, 0.25) is 0 Å². The smallest absolute Gasteiger partial charge is 0.300 e. The molecule has 3 aromatic rings. The Kier molecular flexibility index (Phi) is 4.22. The van der Waals surface area contributed by atoms with Gasteiger partial charge in [-0.15, -0.1) is 0 Å². The van der Waals surface area contributed by atoms with Gasteiger partial charge in [-0.05, 0) is 19.9 Å². The molecule has 130 valence electrons. The second-order valence-corrected chi connectivity index (χ2v) is 5.93. The third kappa shape index (κ3) is 2.84. The van der Waals surface area contributed by atoms with E-state index in [1.807, 2.05) is 26.0 Å². The standard InChI is InChI=1S/C16H19N7O2/c1-10(2)23-12-13(21(3)16(25)22(4)14(12)24)19-15(23)20-18-9-11-6-5-7-17-8-11/h5-10H,1-4H3,(H,19,20)/b18-9+. The zero-order chi connectivity index (χ0) is 18.1. The van der Waals surface area contributed by atoms with Crippen molar-refractivity contribution in [3.63, 3.8) is 0 Å². The molecular formula is C16H19N7O2. The molecule has 0 aliphatic rings. The van der Waals surface area contributed by atoms with Crippen molar-refractivity contribution in [2.75, 3.05) is 5.43 Å². The molecular weight excluding hydrogens is 322 g/mol. The number of imidazole rings is 1. The second kappa shape index (κ2) is 6.34. The van der Waals surface area contributed by atoms with Gasteiger partial charge in [0.2, 0.25) is 5.95 Å². The maximum atomic E-state index is 12.5. The van der Waals surface area contributed by atoms with Crippen LogP contribution in [0.4, 0.5) is 5.95 Å². The number of nitrogens with one attached hydrogen (secondary N) is 1. The number of aryl methyl sites for hydroxylation is 1. The van der Waals surface area contributed by atoms with Crippen LogP contribution in [0.25, 0.3) is 11.2 Å². The molecule has 3 aromatic heterocycles. The number of hydrazone groups is 1. The lowest BCUT2D eigenvalue weighted by Crippen LogP contribution is -2.37. The van der Waals surface area contributed by atoms with Gasteiger partial charge in [0.15, 0.2) is 11.2 Å². The van der Waals surface area contributed by atoms with Crippen LogP contribution in [-0.2, 0) is 14.1 Å². The third-order valence-electron chi connectivity index (χ3n) is 3.87. The summed E-state index contributed by atoms with van der Waals surface area (Å²) in [5, 5.41) is 4.16. The fraction of sp³-hybridized carbons (Fsp3) is 0.312. The van der Waals surface area contributed by atoms with E-state index in [0.717, 1.165) is 10.1 Å². The van der Waals surface area contributed by atoms with Crippen molar-refractivity contribution < 1.29 is 0 Å². The first-order valence-corrected chi connectivity index (χ1v) is 7.79. The van der Waals surface area contributed by atoms with Gasteiger partial charge >= 0.3 is 5.69 Å². The molecule has 0 aliphatic heterocycles. The Morgan fingerprint density at radius 3 is 2.64 bits per heavy atom. The number of fused-ring (bicyclic) bond motifs is 1. The molecule has 0 saturated carbocycles. The maximum Gasteiger partial charge on any atom is 0.332 e. The summed E-state index contributed by atoms with van der Waals surface area (Å²) >= 11 is 0. The van der Waals surface area contributed by atoms with E-state index in [9.17, 15) is 9.59 Å². The van der Waals surface area contributed by atoms with Crippen LogP contribution in [0, 0.1) is 0 Å². The topological polar surface area (TPSA) is 99.1 Å². The van der Waals surface area contributed by atoms with Crippen LogP contribution in [-0.4, -0.2) is 29.9 Å². The Labute approximate surface area is 143 Å². The number of hydrogen-bond acceptors (Lipinski definition) is 6. The van der Waals surface area contributed by atoms with Gasteiger partial charge in [0.1, 0.15) is 0 Å². The Morgan fingerprint density at radius 1 is 1.24 bits per heavy atom. The van der Waals surface area contributed by atoms with Crippen molar-refractivity contribution in [3.8, 4) is 0 Å². The highest BCUT2D eigenvalue weighted by molar-refractivity contribution is 5.80. The van der Waals surface area contributed by atoms with Crippen molar-refractivity contribution in [1.82, 2.24) is 23.7 Å². The first-order valence-electron chi connectivity index (χ1n) is 7.79. The number of aromatic nitrogens is 5. The molecule has 9 heteroatoms. The van der Waals surface area contributed by atoms with Crippen molar-refractivity contribution in [2.45, 2.75) is 19.9 Å². The van der Waals surface area contributed by atoms with Crippen molar-refractivity contribution in [1.29, 1.82) is 0 Å². The van der Waals surface area contributed by atoms with E-state index in [0.29, 0.717) is 17.1 Å². The van der Waals surface area contributed by atoms with Crippen LogP contribution in [0.1, 0.15) is 25.5 Å². The van der Waals surface area contributed by atoms with E-state index in [1.165, 1.54) is 11.6 Å². The molecule has 9 nitrogen and oxygen atoms in total. The number of rotatable bonds is 4. The van der Waals surface area contributed by atoms with Crippen molar-refractivity contribution in [2.24, 2.45) is 19.2 Å². The van der Waals surface area contributed by atoms with Crippen LogP contribution < -0.4 is 16.7 Å². The minimum Gasteiger partial charge on any atom is -0.300 e. The number of anilines is 1. The number of pyridine rings is 1. The molecule has 0 aliphatic carbocycles. The van der Waals surface area contributed by atoms with Crippen molar-refractivity contribution >= 4 is 23.3 Å². The normalized spacial score (nSPS) is 11.7. The molecule has 0 bridgehead atoms. The number of hydrogen-bond donors (Lipinski definition) is 1. The summed E-state index contributed by atoms with van der Waals surface area (Å²) in [6.07, 6.45) is 4.96. The zero-order valence-corrected chi connectivity index (χ0v) is 14.5. The van der Waals surface area contributed by atoms with E-state index in [4.69, 9.17) is 0 Å². The monoisotopic (exact) mass is 341 g/mol. The van der Waals surface area contributed by atoms with E-state index >= 15 is 0 Å². The van der Waals surface area contributed by atoms with E-state index in [-0.39, 0.29) is 11.6 Å². The SMILES string of the molecule is CC(C)n1c(N/N=C/c2cccnc2)nc2c1c(=O)n(C)c(=O)n2C. The maximum absolute atomic E-state index is 12.5. The average Bonchev–Trinajstić information content (AvgIpc) is 2.99. The van der Waals surface area contributed by atoms with Gasteiger partial charge in [-0.2, -0.15) is 10.1 Å². The van der Waals surface area contributed by atoms with Crippen LogP contribution >= 0.6 is 0 Å². The van der Waals surface area contributed by atoms with Crippen LogP contribution in [0.5, 0.6) is 0 Å². The Hall–Kier alpha value is -3.23. The second-order valence-electron chi connectivity index (χ2n) is 5.93. The minimum atomic E-state index is -0.420. The summed E-state index contributed by atoms with van der Waals surface area (Å²) in [5.41, 5.74) is 3.55. The summed E-state index contributed by atoms with van der Waals surface area (Å²) < 4.78 is 4.16. The summed E-state index contributed by atoms with van der Waals surface area (Å²) in [6, 6.07) is 3.62. The molecule has 3 rings (SSSR count). The van der Waals surface area contributed by atoms with Gasteiger partial charge in [-0.25, -0.2) is 10.2 Å². The van der Waals surface area contributed by atoms with Gasteiger partial charge in [0.25, 0.3) is 5.56 Å². The fourth-order valence-corrected chi connectivity index (χ4v) is 2.61. The largest absolute Gasteiger partial charge is 0.332 e. The molecule has 3 heterocycles. The van der Waals surface area contributed by atoms with E-state index in [2.05, 4.69) is 20.5 Å². The van der Waals surface area contributed by atoms with E-state index in [1.54, 1.807) is 30.2 Å². The summed E-state index contributed by atoms with van der Waals surface area (Å²) in [6.45, 7) is 3.86. The molecule has 0 amide bonds. The molecule has 0 atom stereocenters. The van der Waals surface area contributed by atoms with Gasteiger partial charge in [0.05, 0.1) is 6.21 Å². The van der Waals surface area contributed by atoms with Gasteiger partial charge < -0.3 is 4.57 Å². The Morgan fingerprint density at radius 2 is 2.00 bits per heavy atom. The molecule has 0 spiro atoms. The Balaban J connectivity index is 2.12. The van der Waals surface area contributed by atoms with Crippen LogP contribution in [0.15, 0.2) is 39.2 Å². The quantitative estimate of drug-likeness (QED) is 0.560. The molecule has 1 N–H and O–H groups in total. The molecule has 25 heavy (non-hydrogen) atoms. The first-order chi connectivity index (χ1) is 11.9. The van der Waals surface area contributed by atoms with Crippen LogP contribution in [0.3, 0.4) is 0 Å². The predicted molar refractivity (Wildman–Crippen MR) is 96.1 cm³/mol. The van der Waals surface area contributed by atoms with Gasteiger partial charge in [-0.1, -0.05) is 6.07 Å². The van der Waals surface area contributed by atoms with Gasteiger partial charge in [0, 0.05) is 38.1 Å². The Bertz CT molecular complexity index is 1060. The lowest BCUT2D eigenvalue weighted by Gasteiger charge is -2.12. The first kappa shape index (κ1) is 16.6. The third-order valence-corrected chi connectivity index (χ3v) is 3.87. The average molecular weight is 341 g/mol. The lowest BCUT2D eigenvalue weighted by molar-refractivity contribution is 0.615. The highest BCUT2D eigenvalue weighted by Gasteiger charge is 2.20. The predicted octanol–water partition coefficient (Wildman–Crippen LogP) is 0.856. The molecule has 0 aromatic carbocycles. The lowest BCUT2D eigenvalue weighted by atomic mass is 10.3.